The molecule has 29 heavy (non-hydrogen) atoms. The number of alkyl halides is 3. The van der Waals surface area contributed by atoms with E-state index in [2.05, 4.69) is 10.3 Å². The molecule has 0 fully saturated rings. The van der Waals surface area contributed by atoms with Crippen LogP contribution in [0.15, 0.2) is 53.6 Å². The van der Waals surface area contributed by atoms with E-state index in [4.69, 9.17) is 4.74 Å². The summed E-state index contributed by atoms with van der Waals surface area (Å²) >= 11 is 0. The van der Waals surface area contributed by atoms with Gasteiger partial charge in [0, 0.05) is 23.1 Å². The first-order valence-corrected chi connectivity index (χ1v) is 9.85. The van der Waals surface area contributed by atoms with Crippen LogP contribution in [0.4, 0.5) is 24.5 Å². The number of aromatic nitrogens is 2. The van der Waals surface area contributed by atoms with E-state index in [1.807, 2.05) is 11.5 Å². The lowest BCUT2D eigenvalue weighted by molar-refractivity contribution is -0.137. The fourth-order valence-corrected chi connectivity index (χ4v) is 3.54. The summed E-state index contributed by atoms with van der Waals surface area (Å²) in [4.78, 5) is 4.52. The first-order valence-electron chi connectivity index (χ1n) is 8.67. The average Bonchev–Trinajstić information content (AvgIpc) is 3.19. The molecule has 2 aromatic carbocycles. The summed E-state index contributed by atoms with van der Waals surface area (Å²) < 4.78 is 68.6. The normalized spacial score (nSPS) is 16.0. The van der Waals surface area contributed by atoms with Crippen molar-refractivity contribution in [1.82, 2.24) is 9.55 Å². The van der Waals surface area contributed by atoms with Gasteiger partial charge in [0.25, 0.3) is 6.01 Å². The summed E-state index contributed by atoms with van der Waals surface area (Å²) in [6.07, 6.45) is -2.66. The van der Waals surface area contributed by atoms with Gasteiger partial charge in [-0.2, -0.15) is 18.2 Å². The SMILES string of the molecule is C[C@@H]1Cn2cc(-c3cc([SH](=O)=O)ccc3Nc3ccc(C(F)(F)F)cc3)nc2O1. The Morgan fingerprint density at radius 1 is 1.17 bits per heavy atom. The van der Waals surface area contributed by atoms with Gasteiger partial charge in [0.15, 0.2) is 10.7 Å². The van der Waals surface area contributed by atoms with E-state index in [-0.39, 0.29) is 11.0 Å². The van der Waals surface area contributed by atoms with Crippen molar-refractivity contribution >= 4 is 22.1 Å². The summed E-state index contributed by atoms with van der Waals surface area (Å²) in [6, 6.07) is 9.46. The van der Waals surface area contributed by atoms with Crippen molar-refractivity contribution in [3.8, 4) is 17.3 Å². The predicted molar refractivity (Wildman–Crippen MR) is 101 cm³/mol. The first-order chi connectivity index (χ1) is 13.7. The van der Waals surface area contributed by atoms with E-state index < -0.39 is 22.4 Å². The highest BCUT2D eigenvalue weighted by molar-refractivity contribution is 7.72. The number of fused-ring (bicyclic) bond motifs is 1. The Morgan fingerprint density at radius 2 is 1.90 bits per heavy atom. The average molecular weight is 423 g/mol. The molecule has 10 heteroatoms. The Labute approximate surface area is 165 Å². The van der Waals surface area contributed by atoms with Crippen LogP contribution in [-0.4, -0.2) is 24.1 Å². The fourth-order valence-electron chi connectivity index (χ4n) is 3.11. The van der Waals surface area contributed by atoms with E-state index in [1.165, 1.54) is 24.3 Å². The largest absolute Gasteiger partial charge is 0.460 e. The third kappa shape index (κ3) is 3.93. The molecule has 0 spiro atoms. The van der Waals surface area contributed by atoms with Crippen molar-refractivity contribution in [3.63, 3.8) is 0 Å². The Balaban J connectivity index is 1.71. The lowest BCUT2D eigenvalue weighted by Gasteiger charge is -2.13. The molecule has 1 aliphatic rings. The number of thiol groups is 1. The number of imidazole rings is 1. The quantitative estimate of drug-likeness (QED) is 0.619. The van der Waals surface area contributed by atoms with Crippen LogP contribution in [0.3, 0.4) is 0 Å². The van der Waals surface area contributed by atoms with Crippen molar-refractivity contribution in [2.24, 2.45) is 0 Å². The number of anilines is 2. The molecule has 0 bridgehead atoms. The highest BCUT2D eigenvalue weighted by Crippen LogP contribution is 2.35. The Morgan fingerprint density at radius 3 is 2.52 bits per heavy atom. The summed E-state index contributed by atoms with van der Waals surface area (Å²) in [5.74, 6) is 0. The minimum atomic E-state index is -4.42. The van der Waals surface area contributed by atoms with Gasteiger partial charge >= 0.3 is 6.18 Å². The Hall–Kier alpha value is -3.01. The molecule has 1 aromatic heterocycles. The first kappa shape index (κ1) is 19.3. The van der Waals surface area contributed by atoms with Gasteiger partial charge in [0.1, 0.15) is 6.10 Å². The van der Waals surface area contributed by atoms with Gasteiger partial charge in [0.2, 0.25) is 0 Å². The van der Waals surface area contributed by atoms with E-state index in [9.17, 15) is 21.6 Å². The molecular formula is C19H16F3N3O3S. The highest BCUT2D eigenvalue weighted by Gasteiger charge is 2.30. The van der Waals surface area contributed by atoms with E-state index >= 15 is 0 Å². The van der Waals surface area contributed by atoms with Crippen LogP contribution in [0.2, 0.25) is 0 Å². The summed E-state index contributed by atoms with van der Waals surface area (Å²) in [5.41, 5.74) is 1.18. The van der Waals surface area contributed by atoms with E-state index in [1.54, 1.807) is 12.3 Å². The van der Waals surface area contributed by atoms with Crippen LogP contribution in [0.25, 0.3) is 11.3 Å². The van der Waals surface area contributed by atoms with Crippen LogP contribution < -0.4 is 10.1 Å². The molecule has 0 amide bonds. The second-order valence-electron chi connectivity index (χ2n) is 6.68. The maximum atomic E-state index is 12.8. The molecule has 0 aliphatic carbocycles. The van der Waals surface area contributed by atoms with Crippen molar-refractivity contribution in [1.29, 1.82) is 0 Å². The molecule has 3 aromatic rings. The second-order valence-corrected chi connectivity index (χ2v) is 7.71. The van der Waals surface area contributed by atoms with Gasteiger partial charge in [-0.1, -0.05) is 0 Å². The molecule has 0 radical (unpaired) electrons. The summed E-state index contributed by atoms with van der Waals surface area (Å²) in [5, 5.41) is 3.04. The zero-order valence-electron chi connectivity index (χ0n) is 15.1. The number of benzene rings is 2. The number of hydrogen-bond donors (Lipinski definition) is 2. The van der Waals surface area contributed by atoms with Gasteiger partial charge in [-0.05, 0) is 49.4 Å². The molecule has 0 saturated heterocycles. The van der Waals surface area contributed by atoms with Gasteiger partial charge in [-0.25, -0.2) is 8.42 Å². The predicted octanol–water partition coefficient (Wildman–Crippen LogP) is 4.06. The van der Waals surface area contributed by atoms with Gasteiger partial charge in [-0.3, -0.25) is 4.57 Å². The number of ether oxygens (including phenoxy) is 1. The van der Waals surface area contributed by atoms with E-state index in [0.717, 1.165) is 12.1 Å². The lowest BCUT2D eigenvalue weighted by atomic mass is 10.1. The molecular weight excluding hydrogens is 407 g/mol. The summed E-state index contributed by atoms with van der Waals surface area (Å²) in [7, 11) is -2.81. The number of hydrogen-bond acceptors (Lipinski definition) is 5. The minimum Gasteiger partial charge on any atom is -0.460 e. The van der Waals surface area contributed by atoms with Crippen LogP contribution in [0, 0.1) is 0 Å². The van der Waals surface area contributed by atoms with Crippen LogP contribution in [-0.2, 0) is 23.4 Å². The van der Waals surface area contributed by atoms with E-state index in [0.29, 0.717) is 35.2 Å². The summed E-state index contributed by atoms with van der Waals surface area (Å²) in [6.45, 7) is 2.54. The monoisotopic (exact) mass is 423 g/mol. The maximum absolute atomic E-state index is 12.8. The van der Waals surface area contributed by atoms with Crippen LogP contribution in [0.5, 0.6) is 6.01 Å². The minimum absolute atomic E-state index is 0.00116. The van der Waals surface area contributed by atoms with Crippen molar-refractivity contribution < 1.29 is 26.3 Å². The van der Waals surface area contributed by atoms with Crippen molar-refractivity contribution in [2.45, 2.75) is 30.6 Å². The number of nitrogens with one attached hydrogen (secondary N) is 1. The van der Waals surface area contributed by atoms with Crippen LogP contribution >= 0.6 is 0 Å². The Kier molecular flexibility index (Phi) is 4.73. The molecule has 6 nitrogen and oxygen atoms in total. The molecule has 1 N–H and O–H groups in total. The van der Waals surface area contributed by atoms with Crippen molar-refractivity contribution in [3.05, 3.63) is 54.2 Å². The molecule has 0 saturated carbocycles. The van der Waals surface area contributed by atoms with Crippen LogP contribution in [0.1, 0.15) is 12.5 Å². The number of nitrogens with zero attached hydrogens (tertiary/aromatic N) is 2. The zero-order chi connectivity index (χ0) is 20.8. The molecule has 152 valence electrons. The van der Waals surface area contributed by atoms with Gasteiger partial charge < -0.3 is 10.1 Å². The topological polar surface area (TPSA) is 73.2 Å². The second kappa shape index (κ2) is 7.11. The zero-order valence-corrected chi connectivity index (χ0v) is 16.0. The number of halogens is 3. The smallest absolute Gasteiger partial charge is 0.416 e. The van der Waals surface area contributed by atoms with Gasteiger partial charge in [-0.15, -0.1) is 0 Å². The highest BCUT2D eigenvalue weighted by atomic mass is 32.2. The third-order valence-corrected chi connectivity index (χ3v) is 5.18. The van der Waals surface area contributed by atoms with Crippen molar-refractivity contribution in [2.75, 3.05) is 5.32 Å². The van der Waals surface area contributed by atoms with Gasteiger partial charge in [0.05, 0.1) is 22.7 Å². The molecule has 0 unspecified atom stereocenters. The lowest BCUT2D eigenvalue weighted by Crippen LogP contribution is -2.08. The Bertz CT molecular complexity index is 1110. The third-order valence-electron chi connectivity index (χ3n) is 4.48. The standard InChI is InChI=1S/C19H16F3N3O3S/c1-11-9-25-10-17(24-18(25)28-11)15-8-14(29(26)27)6-7-16(15)23-13-4-2-12(3-5-13)19(20,21)22/h2-8,10-11,23,29H,9H2,1H3/t11-/m1/s1. The number of rotatable bonds is 4. The molecule has 2 heterocycles. The maximum Gasteiger partial charge on any atom is 0.416 e. The molecule has 4 rings (SSSR count). The molecule has 1 aliphatic heterocycles. The fraction of sp³-hybridized carbons (Fsp3) is 0.211. The molecule has 1 atom stereocenters.